The standard InChI is InChI=1S/C15H22N2O4S2/c1-11-9-16(10-12(2)21-11)15(18)14-13(5-8-22-14)23(19,20)17-6-3-4-7-17/h5,8,11-12H,3-4,6-7,9-10H2,1-2H3. The van der Waals surface area contributed by atoms with Crippen molar-refractivity contribution in [2.24, 2.45) is 0 Å². The van der Waals surface area contributed by atoms with E-state index in [1.165, 1.54) is 15.6 Å². The zero-order valence-corrected chi connectivity index (χ0v) is 15.0. The van der Waals surface area contributed by atoms with Crippen LogP contribution in [-0.2, 0) is 14.8 Å². The van der Waals surface area contributed by atoms with Crippen LogP contribution in [0.5, 0.6) is 0 Å². The highest BCUT2D eigenvalue weighted by Crippen LogP contribution is 2.29. The molecule has 0 saturated carbocycles. The maximum absolute atomic E-state index is 12.8. The van der Waals surface area contributed by atoms with Gasteiger partial charge in [-0.05, 0) is 38.1 Å². The molecule has 2 saturated heterocycles. The fourth-order valence-corrected chi connectivity index (χ4v) is 6.09. The monoisotopic (exact) mass is 358 g/mol. The molecule has 2 atom stereocenters. The number of hydrogen-bond donors (Lipinski definition) is 0. The Hall–Kier alpha value is -0.960. The van der Waals surface area contributed by atoms with Crippen molar-refractivity contribution in [3.63, 3.8) is 0 Å². The first-order chi connectivity index (χ1) is 10.9. The fraction of sp³-hybridized carbons (Fsp3) is 0.667. The minimum absolute atomic E-state index is 0.0405. The summed E-state index contributed by atoms with van der Waals surface area (Å²) in [7, 11) is -3.57. The van der Waals surface area contributed by atoms with Gasteiger partial charge in [-0.2, -0.15) is 4.31 Å². The van der Waals surface area contributed by atoms with E-state index in [2.05, 4.69) is 0 Å². The lowest BCUT2D eigenvalue weighted by molar-refractivity contribution is -0.0585. The summed E-state index contributed by atoms with van der Waals surface area (Å²) in [4.78, 5) is 15.0. The third-order valence-corrected chi connectivity index (χ3v) is 7.19. The van der Waals surface area contributed by atoms with Crippen molar-refractivity contribution in [3.05, 3.63) is 16.3 Å². The van der Waals surface area contributed by atoms with Crippen LogP contribution < -0.4 is 0 Å². The Morgan fingerprint density at radius 2 is 1.83 bits per heavy atom. The fourth-order valence-electron chi connectivity index (χ4n) is 3.21. The van der Waals surface area contributed by atoms with Crippen molar-refractivity contribution in [3.8, 4) is 0 Å². The van der Waals surface area contributed by atoms with E-state index in [1.54, 1.807) is 16.3 Å². The van der Waals surface area contributed by atoms with E-state index in [4.69, 9.17) is 4.74 Å². The molecule has 2 unspecified atom stereocenters. The van der Waals surface area contributed by atoms with Gasteiger partial charge in [-0.25, -0.2) is 8.42 Å². The van der Waals surface area contributed by atoms with E-state index in [9.17, 15) is 13.2 Å². The molecule has 8 heteroatoms. The van der Waals surface area contributed by atoms with Crippen molar-refractivity contribution in [1.82, 2.24) is 9.21 Å². The first kappa shape index (κ1) is 16.9. The molecule has 1 amide bonds. The highest BCUT2D eigenvalue weighted by Gasteiger charge is 2.34. The minimum Gasteiger partial charge on any atom is -0.372 e. The van der Waals surface area contributed by atoms with Crippen LogP contribution in [0.3, 0.4) is 0 Å². The summed E-state index contributed by atoms with van der Waals surface area (Å²) in [5, 5.41) is 1.68. The summed E-state index contributed by atoms with van der Waals surface area (Å²) in [5.41, 5.74) is 0. The molecule has 23 heavy (non-hydrogen) atoms. The van der Waals surface area contributed by atoms with E-state index in [-0.39, 0.29) is 23.0 Å². The predicted molar refractivity (Wildman–Crippen MR) is 88.2 cm³/mol. The van der Waals surface area contributed by atoms with Crippen LogP contribution in [0.2, 0.25) is 0 Å². The smallest absolute Gasteiger partial charge is 0.265 e. The molecule has 2 fully saturated rings. The van der Waals surface area contributed by atoms with Gasteiger partial charge in [0.25, 0.3) is 5.91 Å². The summed E-state index contributed by atoms with van der Waals surface area (Å²) < 4.78 is 32.7. The maximum Gasteiger partial charge on any atom is 0.265 e. The van der Waals surface area contributed by atoms with Crippen LogP contribution in [0.15, 0.2) is 16.3 Å². The van der Waals surface area contributed by atoms with Gasteiger partial charge in [-0.3, -0.25) is 4.79 Å². The van der Waals surface area contributed by atoms with Crippen LogP contribution in [0.25, 0.3) is 0 Å². The first-order valence-electron chi connectivity index (χ1n) is 7.92. The van der Waals surface area contributed by atoms with Gasteiger partial charge in [0.2, 0.25) is 10.0 Å². The molecular weight excluding hydrogens is 336 g/mol. The SMILES string of the molecule is CC1CN(C(=O)c2sccc2S(=O)(=O)N2CCCC2)CC(C)O1. The van der Waals surface area contributed by atoms with Gasteiger partial charge >= 0.3 is 0 Å². The van der Waals surface area contributed by atoms with Crippen LogP contribution in [0.1, 0.15) is 36.4 Å². The molecule has 2 aliphatic rings. The summed E-state index contributed by atoms with van der Waals surface area (Å²) in [6.07, 6.45) is 1.68. The van der Waals surface area contributed by atoms with Crippen LogP contribution in [0.4, 0.5) is 0 Å². The lowest BCUT2D eigenvalue weighted by Gasteiger charge is -2.35. The second kappa shape index (κ2) is 6.51. The van der Waals surface area contributed by atoms with Crippen molar-refractivity contribution < 1.29 is 17.9 Å². The van der Waals surface area contributed by atoms with Crippen molar-refractivity contribution in [2.45, 2.75) is 43.8 Å². The zero-order valence-electron chi connectivity index (χ0n) is 13.4. The molecule has 3 heterocycles. The van der Waals surface area contributed by atoms with Crippen LogP contribution in [0, 0.1) is 0 Å². The molecule has 2 aliphatic heterocycles. The van der Waals surface area contributed by atoms with Crippen molar-refractivity contribution >= 4 is 27.3 Å². The van der Waals surface area contributed by atoms with E-state index >= 15 is 0 Å². The first-order valence-corrected chi connectivity index (χ1v) is 10.2. The van der Waals surface area contributed by atoms with E-state index in [0.717, 1.165) is 12.8 Å². The summed E-state index contributed by atoms with van der Waals surface area (Å²) in [6, 6.07) is 1.55. The Morgan fingerprint density at radius 3 is 2.43 bits per heavy atom. The third-order valence-electron chi connectivity index (χ3n) is 4.21. The quantitative estimate of drug-likeness (QED) is 0.826. The molecule has 0 bridgehead atoms. The Kier molecular flexibility index (Phi) is 4.78. The molecule has 6 nitrogen and oxygen atoms in total. The number of nitrogens with zero attached hydrogens (tertiary/aromatic N) is 2. The topological polar surface area (TPSA) is 66.9 Å². The molecule has 0 N–H and O–H groups in total. The highest BCUT2D eigenvalue weighted by atomic mass is 32.2. The number of sulfonamides is 1. The zero-order chi connectivity index (χ0) is 16.6. The van der Waals surface area contributed by atoms with Gasteiger partial charge in [-0.1, -0.05) is 0 Å². The molecule has 0 aromatic carbocycles. The summed E-state index contributed by atoms with van der Waals surface area (Å²) >= 11 is 1.20. The summed E-state index contributed by atoms with van der Waals surface area (Å²) in [6.45, 7) is 5.90. The van der Waals surface area contributed by atoms with E-state index in [1.807, 2.05) is 13.8 Å². The second-order valence-electron chi connectivity index (χ2n) is 6.19. The van der Waals surface area contributed by atoms with E-state index < -0.39 is 10.0 Å². The van der Waals surface area contributed by atoms with Gasteiger partial charge in [-0.15, -0.1) is 11.3 Å². The highest BCUT2D eigenvalue weighted by molar-refractivity contribution is 7.89. The van der Waals surface area contributed by atoms with Gasteiger partial charge in [0.1, 0.15) is 9.77 Å². The molecule has 128 valence electrons. The van der Waals surface area contributed by atoms with Crippen molar-refractivity contribution in [1.29, 1.82) is 0 Å². The number of carbonyl (C=O) groups is 1. The Labute approximate surface area is 141 Å². The van der Waals surface area contributed by atoms with Gasteiger partial charge < -0.3 is 9.64 Å². The molecule has 0 spiro atoms. The average molecular weight is 358 g/mol. The molecular formula is C15H22N2O4S2. The van der Waals surface area contributed by atoms with Crippen molar-refractivity contribution in [2.75, 3.05) is 26.2 Å². The lowest BCUT2D eigenvalue weighted by Crippen LogP contribution is -2.48. The van der Waals surface area contributed by atoms with Crippen LogP contribution in [-0.4, -0.2) is 61.9 Å². The lowest BCUT2D eigenvalue weighted by atomic mass is 10.2. The average Bonchev–Trinajstić information content (AvgIpc) is 3.17. The normalized spacial score (nSPS) is 26.6. The Morgan fingerprint density at radius 1 is 1.22 bits per heavy atom. The van der Waals surface area contributed by atoms with E-state index in [0.29, 0.717) is 31.1 Å². The minimum atomic E-state index is -3.57. The summed E-state index contributed by atoms with van der Waals surface area (Å²) in [5.74, 6) is -0.209. The number of ether oxygens (including phenoxy) is 1. The molecule has 1 aromatic heterocycles. The van der Waals surface area contributed by atoms with Gasteiger partial charge in [0, 0.05) is 26.2 Å². The van der Waals surface area contributed by atoms with Gasteiger partial charge in [0.05, 0.1) is 12.2 Å². The Bertz CT molecular complexity index is 669. The Balaban J connectivity index is 1.87. The number of morpholine rings is 1. The molecule has 3 rings (SSSR count). The molecule has 1 aromatic rings. The van der Waals surface area contributed by atoms with Gasteiger partial charge in [0.15, 0.2) is 0 Å². The largest absolute Gasteiger partial charge is 0.372 e. The van der Waals surface area contributed by atoms with Crippen LogP contribution >= 0.6 is 11.3 Å². The number of rotatable bonds is 3. The number of amides is 1. The third kappa shape index (κ3) is 3.31. The molecule has 0 radical (unpaired) electrons. The maximum atomic E-state index is 12.8. The second-order valence-corrected chi connectivity index (χ2v) is 9.02. The number of hydrogen-bond acceptors (Lipinski definition) is 5. The predicted octanol–water partition coefficient (Wildman–Crippen LogP) is 1.78. The number of carbonyl (C=O) groups excluding carboxylic acids is 1. The number of thiophene rings is 1. The molecule has 0 aliphatic carbocycles.